The summed E-state index contributed by atoms with van der Waals surface area (Å²) in [5, 5.41) is 11.0. The zero-order valence-electron chi connectivity index (χ0n) is 5.68. The first kappa shape index (κ1) is 9.15. The molecule has 3 nitrogen and oxygen atoms in total. The lowest BCUT2D eigenvalue weighted by Gasteiger charge is -1.99. The summed E-state index contributed by atoms with van der Waals surface area (Å²) in [5.41, 5.74) is 0. The zero-order valence-corrected chi connectivity index (χ0v) is 6.68. The molecule has 0 fully saturated rings. The van der Waals surface area contributed by atoms with Gasteiger partial charge in [0.15, 0.2) is 0 Å². The SMILES string of the molecule is CCC[PH](=O)NCCO. The van der Waals surface area contributed by atoms with Crippen molar-refractivity contribution in [1.82, 2.24) is 5.09 Å². The molecule has 0 amide bonds. The summed E-state index contributed by atoms with van der Waals surface area (Å²) in [5.74, 6) is 0. The second-order valence-corrected chi connectivity index (χ2v) is 3.52. The zero-order chi connectivity index (χ0) is 7.11. The van der Waals surface area contributed by atoms with E-state index >= 15 is 0 Å². The third-order valence-corrected chi connectivity index (χ3v) is 2.51. The molecule has 0 aromatic carbocycles. The van der Waals surface area contributed by atoms with Gasteiger partial charge in [-0.15, -0.1) is 0 Å². The van der Waals surface area contributed by atoms with E-state index in [1.807, 2.05) is 6.92 Å². The highest BCUT2D eigenvalue weighted by atomic mass is 31.1. The Kier molecular flexibility index (Phi) is 6.38. The van der Waals surface area contributed by atoms with Gasteiger partial charge < -0.3 is 9.67 Å². The van der Waals surface area contributed by atoms with E-state index < -0.39 is 7.95 Å². The maximum Gasteiger partial charge on any atom is 0.136 e. The van der Waals surface area contributed by atoms with E-state index in [0.29, 0.717) is 6.54 Å². The van der Waals surface area contributed by atoms with Gasteiger partial charge in [-0.3, -0.25) is 5.09 Å². The number of nitrogens with one attached hydrogen (secondary N) is 1. The third kappa shape index (κ3) is 6.03. The Balaban J connectivity index is 3.06. The van der Waals surface area contributed by atoms with E-state index in [1.54, 1.807) is 0 Å². The van der Waals surface area contributed by atoms with Crippen molar-refractivity contribution in [2.45, 2.75) is 13.3 Å². The summed E-state index contributed by atoms with van der Waals surface area (Å²) < 4.78 is 10.8. The molecule has 0 bridgehead atoms. The van der Waals surface area contributed by atoms with Crippen LogP contribution < -0.4 is 5.09 Å². The van der Waals surface area contributed by atoms with Crippen molar-refractivity contribution >= 4 is 7.95 Å². The Hall–Kier alpha value is 0.150. The molecule has 0 saturated carbocycles. The Labute approximate surface area is 56.3 Å². The lowest BCUT2D eigenvalue weighted by molar-refractivity contribution is 0.301. The molecule has 4 heteroatoms. The van der Waals surface area contributed by atoms with Crippen molar-refractivity contribution in [3.63, 3.8) is 0 Å². The Morgan fingerprint density at radius 2 is 2.33 bits per heavy atom. The average Bonchev–Trinajstić information content (AvgIpc) is 1.85. The molecule has 2 N–H and O–H groups in total. The van der Waals surface area contributed by atoms with Gasteiger partial charge in [-0.25, -0.2) is 0 Å². The van der Waals surface area contributed by atoms with Crippen LogP contribution in [0.2, 0.25) is 0 Å². The maximum absolute atomic E-state index is 10.8. The smallest absolute Gasteiger partial charge is 0.136 e. The molecule has 0 rings (SSSR count). The predicted molar refractivity (Wildman–Crippen MR) is 39.2 cm³/mol. The molecule has 0 aliphatic rings. The van der Waals surface area contributed by atoms with Gasteiger partial charge in [-0.2, -0.15) is 0 Å². The Morgan fingerprint density at radius 1 is 1.67 bits per heavy atom. The van der Waals surface area contributed by atoms with E-state index in [9.17, 15) is 4.57 Å². The molecule has 9 heavy (non-hydrogen) atoms. The van der Waals surface area contributed by atoms with Crippen LogP contribution in [0.25, 0.3) is 0 Å². The highest BCUT2D eigenvalue weighted by molar-refractivity contribution is 7.42. The summed E-state index contributed by atoms with van der Waals surface area (Å²) in [6, 6.07) is 0. The van der Waals surface area contributed by atoms with Crippen molar-refractivity contribution in [2.75, 3.05) is 19.3 Å². The van der Waals surface area contributed by atoms with Crippen LogP contribution in [0.4, 0.5) is 0 Å². The van der Waals surface area contributed by atoms with E-state index in [2.05, 4.69) is 5.09 Å². The summed E-state index contributed by atoms with van der Waals surface area (Å²) in [6.45, 7) is 2.51. The van der Waals surface area contributed by atoms with Crippen LogP contribution in [-0.4, -0.2) is 24.4 Å². The fourth-order valence-corrected chi connectivity index (χ4v) is 1.53. The van der Waals surface area contributed by atoms with Crippen LogP contribution in [0.3, 0.4) is 0 Å². The molecule has 56 valence electrons. The summed E-state index contributed by atoms with van der Waals surface area (Å²) in [6.07, 6.45) is 1.68. The van der Waals surface area contributed by atoms with E-state index in [4.69, 9.17) is 5.11 Å². The Bertz CT molecular complexity index is 87.0. The van der Waals surface area contributed by atoms with Crippen LogP contribution in [0.15, 0.2) is 0 Å². The summed E-state index contributed by atoms with van der Waals surface area (Å²) >= 11 is 0. The largest absolute Gasteiger partial charge is 0.395 e. The molecule has 0 aromatic rings. The van der Waals surface area contributed by atoms with Crippen LogP contribution in [0, 0.1) is 0 Å². The number of aliphatic hydroxyl groups excluding tert-OH is 1. The average molecular weight is 151 g/mol. The van der Waals surface area contributed by atoms with Gasteiger partial charge in [-0.1, -0.05) is 6.92 Å². The van der Waals surface area contributed by atoms with Gasteiger partial charge in [0.2, 0.25) is 0 Å². The molecule has 0 spiro atoms. The van der Waals surface area contributed by atoms with Gasteiger partial charge in [0, 0.05) is 12.7 Å². The molecular formula is C5H14NO2P. The fourth-order valence-electron chi connectivity index (χ4n) is 0.511. The molecule has 0 radical (unpaired) electrons. The van der Waals surface area contributed by atoms with Crippen LogP contribution >= 0.6 is 7.95 Å². The minimum Gasteiger partial charge on any atom is -0.395 e. The van der Waals surface area contributed by atoms with Crippen molar-refractivity contribution < 1.29 is 9.67 Å². The molecular weight excluding hydrogens is 137 g/mol. The van der Waals surface area contributed by atoms with E-state index in [0.717, 1.165) is 12.6 Å². The fraction of sp³-hybridized carbons (Fsp3) is 1.00. The molecule has 1 atom stereocenters. The third-order valence-electron chi connectivity index (χ3n) is 0.911. The summed E-state index contributed by atoms with van der Waals surface area (Å²) in [4.78, 5) is 0. The van der Waals surface area contributed by atoms with Gasteiger partial charge in [0.1, 0.15) is 7.95 Å². The molecule has 0 aliphatic heterocycles. The lowest BCUT2D eigenvalue weighted by atomic mass is 10.6. The second-order valence-electron chi connectivity index (χ2n) is 1.82. The Morgan fingerprint density at radius 3 is 2.78 bits per heavy atom. The van der Waals surface area contributed by atoms with Gasteiger partial charge in [-0.05, 0) is 6.42 Å². The predicted octanol–water partition coefficient (Wildman–Crippen LogP) is 0.453. The monoisotopic (exact) mass is 151 g/mol. The number of hydrogen-bond donors (Lipinski definition) is 2. The number of aliphatic hydroxyl groups is 1. The summed E-state index contributed by atoms with van der Waals surface area (Å²) in [7, 11) is -1.56. The molecule has 0 heterocycles. The topological polar surface area (TPSA) is 49.3 Å². The molecule has 1 unspecified atom stereocenters. The van der Waals surface area contributed by atoms with Crippen LogP contribution in [0.1, 0.15) is 13.3 Å². The first-order valence-electron chi connectivity index (χ1n) is 3.18. The normalized spacial score (nSPS) is 13.6. The van der Waals surface area contributed by atoms with E-state index in [1.165, 1.54) is 0 Å². The number of rotatable bonds is 5. The first-order valence-corrected chi connectivity index (χ1v) is 4.80. The van der Waals surface area contributed by atoms with Gasteiger partial charge >= 0.3 is 0 Å². The van der Waals surface area contributed by atoms with Crippen LogP contribution in [0.5, 0.6) is 0 Å². The first-order chi connectivity index (χ1) is 4.31. The molecule has 0 aliphatic carbocycles. The maximum atomic E-state index is 10.8. The minimum atomic E-state index is -1.56. The van der Waals surface area contributed by atoms with E-state index in [-0.39, 0.29) is 6.61 Å². The lowest BCUT2D eigenvalue weighted by Crippen LogP contribution is -2.09. The highest BCUT2D eigenvalue weighted by Gasteiger charge is 1.92. The minimum absolute atomic E-state index is 0.0696. The standard InChI is InChI=1S/C5H14NO2P/c1-2-5-9(8)6-3-4-7/h7,9H,2-5H2,1H3,(H,6,8). The van der Waals surface area contributed by atoms with Crippen molar-refractivity contribution in [2.24, 2.45) is 0 Å². The second kappa shape index (κ2) is 6.27. The number of hydrogen-bond acceptors (Lipinski definition) is 2. The highest BCUT2D eigenvalue weighted by Crippen LogP contribution is 2.13. The van der Waals surface area contributed by atoms with Gasteiger partial charge in [0.25, 0.3) is 0 Å². The van der Waals surface area contributed by atoms with Crippen LogP contribution in [-0.2, 0) is 4.57 Å². The van der Waals surface area contributed by atoms with Crippen molar-refractivity contribution in [3.8, 4) is 0 Å². The quantitative estimate of drug-likeness (QED) is 0.561. The van der Waals surface area contributed by atoms with Gasteiger partial charge in [0.05, 0.1) is 6.61 Å². The van der Waals surface area contributed by atoms with Crippen molar-refractivity contribution in [3.05, 3.63) is 0 Å². The van der Waals surface area contributed by atoms with Crippen molar-refractivity contribution in [1.29, 1.82) is 0 Å². The molecule has 0 saturated heterocycles. The molecule has 0 aromatic heterocycles.